The van der Waals surface area contributed by atoms with Crippen molar-refractivity contribution in [1.29, 1.82) is 0 Å². The smallest absolute Gasteiger partial charge is 0.252 e. The van der Waals surface area contributed by atoms with Crippen molar-refractivity contribution in [2.75, 3.05) is 17.8 Å². The van der Waals surface area contributed by atoms with E-state index >= 15 is 0 Å². The highest BCUT2D eigenvalue weighted by Gasteiger charge is 2.26. The zero-order valence-corrected chi connectivity index (χ0v) is 19.0. The molecule has 0 radical (unpaired) electrons. The second-order valence-corrected chi connectivity index (χ2v) is 8.45. The van der Waals surface area contributed by atoms with Gasteiger partial charge in [0, 0.05) is 17.7 Å². The van der Waals surface area contributed by atoms with E-state index in [9.17, 15) is 9.59 Å². The fourth-order valence-electron chi connectivity index (χ4n) is 3.66. The molecular formula is C28H25N3O4. The van der Waals surface area contributed by atoms with Crippen molar-refractivity contribution >= 4 is 40.9 Å². The molecule has 0 saturated heterocycles. The number of rotatable bonds is 7. The fraction of sp³-hybridized carbons (Fsp3) is 0.143. The number of para-hydroxylation sites is 2. The summed E-state index contributed by atoms with van der Waals surface area (Å²) in [4.78, 5) is 25.2. The van der Waals surface area contributed by atoms with Crippen molar-refractivity contribution < 1.29 is 19.1 Å². The van der Waals surface area contributed by atoms with E-state index in [2.05, 4.69) is 10.6 Å². The van der Waals surface area contributed by atoms with Gasteiger partial charge in [0.1, 0.15) is 0 Å². The first-order valence-electron chi connectivity index (χ1n) is 11.4. The molecule has 3 aromatic rings. The number of benzene rings is 3. The molecule has 0 atom stereocenters. The van der Waals surface area contributed by atoms with E-state index < -0.39 is 0 Å². The molecule has 7 heteroatoms. The molecule has 1 aliphatic carbocycles. The van der Waals surface area contributed by atoms with Gasteiger partial charge in [0.25, 0.3) is 5.91 Å². The SMILES string of the molecule is Nc1ccccc1NC(=O)C=Cc1ccc(C=C(C(=O)NC2CC2)c2ccc3c(c2)OCO3)cc1. The van der Waals surface area contributed by atoms with E-state index in [1.807, 2.05) is 60.7 Å². The number of amides is 2. The van der Waals surface area contributed by atoms with Gasteiger partial charge in [-0.3, -0.25) is 9.59 Å². The molecule has 1 saturated carbocycles. The van der Waals surface area contributed by atoms with E-state index in [4.69, 9.17) is 15.2 Å². The molecule has 4 N–H and O–H groups in total. The molecule has 7 nitrogen and oxygen atoms in total. The minimum atomic E-state index is -0.270. The molecule has 1 fully saturated rings. The van der Waals surface area contributed by atoms with E-state index in [1.54, 1.807) is 18.2 Å². The monoisotopic (exact) mass is 467 g/mol. The van der Waals surface area contributed by atoms with Gasteiger partial charge < -0.3 is 25.8 Å². The highest BCUT2D eigenvalue weighted by molar-refractivity contribution is 6.24. The zero-order chi connectivity index (χ0) is 24.2. The van der Waals surface area contributed by atoms with E-state index in [0.717, 1.165) is 29.5 Å². The van der Waals surface area contributed by atoms with E-state index in [1.165, 1.54) is 6.08 Å². The maximum Gasteiger partial charge on any atom is 0.252 e. The second kappa shape index (κ2) is 9.77. The van der Waals surface area contributed by atoms with E-state index in [-0.39, 0.29) is 24.6 Å². The molecule has 0 aromatic heterocycles. The summed E-state index contributed by atoms with van der Waals surface area (Å²) in [5.74, 6) is 0.912. The summed E-state index contributed by atoms with van der Waals surface area (Å²) in [6.45, 7) is 0.178. The molecule has 1 aliphatic heterocycles. The Kier molecular flexibility index (Phi) is 6.22. The van der Waals surface area contributed by atoms with Crippen LogP contribution in [0.2, 0.25) is 0 Å². The topological polar surface area (TPSA) is 103 Å². The third-order valence-electron chi connectivity index (χ3n) is 5.73. The number of carbonyl (C=O) groups is 2. The molecule has 3 aromatic carbocycles. The third kappa shape index (κ3) is 5.52. The fourth-order valence-corrected chi connectivity index (χ4v) is 3.66. The Morgan fingerprint density at radius 1 is 0.914 bits per heavy atom. The molecule has 176 valence electrons. The largest absolute Gasteiger partial charge is 0.454 e. The Bertz CT molecular complexity index is 1320. The average molecular weight is 468 g/mol. The number of hydrogen-bond acceptors (Lipinski definition) is 5. The van der Waals surface area contributed by atoms with Gasteiger partial charge in [-0.25, -0.2) is 0 Å². The van der Waals surface area contributed by atoms with Crippen molar-refractivity contribution in [2.45, 2.75) is 18.9 Å². The summed E-state index contributed by atoms with van der Waals surface area (Å²) in [7, 11) is 0. The van der Waals surface area contributed by atoms with Crippen LogP contribution in [0.1, 0.15) is 29.5 Å². The Labute approximate surface area is 203 Å². The molecule has 5 rings (SSSR count). The molecule has 2 amide bonds. The second-order valence-electron chi connectivity index (χ2n) is 8.45. The van der Waals surface area contributed by atoms with Crippen molar-refractivity contribution in [3.8, 4) is 11.5 Å². The maximum absolute atomic E-state index is 13.0. The predicted molar refractivity (Wildman–Crippen MR) is 137 cm³/mol. The van der Waals surface area contributed by atoms with Crippen LogP contribution >= 0.6 is 0 Å². The van der Waals surface area contributed by atoms with Crippen molar-refractivity contribution in [3.63, 3.8) is 0 Å². The van der Waals surface area contributed by atoms with E-state index in [0.29, 0.717) is 28.4 Å². The normalized spacial score (nSPS) is 14.7. The van der Waals surface area contributed by atoms with Crippen LogP contribution in [0.4, 0.5) is 11.4 Å². The standard InChI is InChI=1S/C28H25N3O4/c29-23-3-1-2-4-24(23)31-27(32)14-9-18-5-7-19(8-6-18)15-22(28(33)30-21-11-12-21)20-10-13-25-26(16-20)35-17-34-25/h1-10,13-16,21H,11-12,17,29H2,(H,30,33)(H,31,32). The lowest BCUT2D eigenvalue weighted by molar-refractivity contribution is -0.115. The summed E-state index contributed by atoms with van der Waals surface area (Å²) in [5, 5.41) is 5.83. The quantitative estimate of drug-likeness (QED) is 0.270. The lowest BCUT2D eigenvalue weighted by Gasteiger charge is -2.10. The highest BCUT2D eigenvalue weighted by atomic mass is 16.7. The number of anilines is 2. The van der Waals surface area contributed by atoms with Gasteiger partial charge in [-0.1, -0.05) is 42.5 Å². The third-order valence-corrected chi connectivity index (χ3v) is 5.73. The summed E-state index contributed by atoms with van der Waals surface area (Å²) in [5.41, 5.74) is 9.97. The number of carbonyl (C=O) groups excluding carboxylic acids is 2. The summed E-state index contributed by atoms with van der Waals surface area (Å²) >= 11 is 0. The number of nitrogens with two attached hydrogens (primary N) is 1. The lowest BCUT2D eigenvalue weighted by Crippen LogP contribution is -2.26. The molecule has 1 heterocycles. The van der Waals surface area contributed by atoms with Crippen molar-refractivity contribution in [1.82, 2.24) is 5.32 Å². The van der Waals surface area contributed by atoms with Gasteiger partial charge in [-0.05, 0) is 65.9 Å². The van der Waals surface area contributed by atoms with Gasteiger partial charge in [-0.15, -0.1) is 0 Å². The van der Waals surface area contributed by atoms with Gasteiger partial charge in [-0.2, -0.15) is 0 Å². The van der Waals surface area contributed by atoms with Crippen LogP contribution in [-0.2, 0) is 9.59 Å². The van der Waals surface area contributed by atoms with Crippen LogP contribution in [0.25, 0.3) is 17.7 Å². The van der Waals surface area contributed by atoms with Gasteiger partial charge in [0.2, 0.25) is 12.7 Å². The molecule has 35 heavy (non-hydrogen) atoms. The Morgan fingerprint density at radius 2 is 1.66 bits per heavy atom. The number of ether oxygens (including phenoxy) is 2. The minimum Gasteiger partial charge on any atom is -0.454 e. The van der Waals surface area contributed by atoms with Crippen molar-refractivity contribution in [2.24, 2.45) is 0 Å². The number of nitrogen functional groups attached to an aromatic ring is 1. The molecule has 0 bridgehead atoms. The van der Waals surface area contributed by atoms with Crippen LogP contribution in [-0.4, -0.2) is 24.6 Å². The Hall–Kier alpha value is -4.52. The van der Waals surface area contributed by atoms with Crippen LogP contribution in [0, 0.1) is 0 Å². The van der Waals surface area contributed by atoms with Gasteiger partial charge in [0.15, 0.2) is 11.5 Å². The van der Waals surface area contributed by atoms with Crippen LogP contribution in [0.5, 0.6) is 11.5 Å². The number of hydrogen-bond donors (Lipinski definition) is 3. The number of nitrogens with one attached hydrogen (secondary N) is 2. The minimum absolute atomic E-state index is 0.118. The van der Waals surface area contributed by atoms with Crippen molar-refractivity contribution in [3.05, 3.63) is 89.5 Å². The number of fused-ring (bicyclic) bond motifs is 1. The molecule has 0 unspecified atom stereocenters. The molecule has 2 aliphatic rings. The molecule has 0 spiro atoms. The first-order chi connectivity index (χ1) is 17.0. The van der Waals surface area contributed by atoms with Crippen LogP contribution in [0.3, 0.4) is 0 Å². The predicted octanol–water partition coefficient (Wildman–Crippen LogP) is 4.47. The highest BCUT2D eigenvalue weighted by Crippen LogP contribution is 2.35. The summed E-state index contributed by atoms with van der Waals surface area (Å²) < 4.78 is 10.9. The average Bonchev–Trinajstić information content (AvgIpc) is 3.55. The Balaban J connectivity index is 1.32. The van der Waals surface area contributed by atoms with Crippen LogP contribution in [0.15, 0.2) is 72.8 Å². The zero-order valence-electron chi connectivity index (χ0n) is 19.0. The first-order valence-corrected chi connectivity index (χ1v) is 11.4. The summed E-state index contributed by atoms with van der Waals surface area (Å²) in [6, 6.07) is 20.4. The van der Waals surface area contributed by atoms with Crippen LogP contribution < -0.4 is 25.8 Å². The maximum atomic E-state index is 13.0. The lowest BCUT2D eigenvalue weighted by atomic mass is 10.0. The summed E-state index contributed by atoms with van der Waals surface area (Å²) in [6.07, 6.45) is 7.05. The first kappa shape index (κ1) is 22.3. The van der Waals surface area contributed by atoms with Gasteiger partial charge in [0.05, 0.1) is 11.4 Å². The molecular weight excluding hydrogens is 442 g/mol. The van der Waals surface area contributed by atoms with Gasteiger partial charge >= 0.3 is 0 Å². The Morgan fingerprint density at radius 3 is 2.43 bits per heavy atom.